The van der Waals surface area contributed by atoms with E-state index >= 15 is 0 Å². The number of aliphatic hydroxyl groups excluding tert-OH is 1. The molecule has 0 radical (unpaired) electrons. The standard InChI is InChI=1S/C22H19NO4S.C22H21NO3S/c1-14-10-17-6-8-18(12-21(17)20(14)13-22(24)25)23-28(26,27)19-9-7-15-4-2-3-5-16(15)11-19;1-15-12-18-6-8-19(14-22(18)21(15)10-11-24)23-27(25,26)20-9-7-16-4-2-3-5-17(16)13-20/h2-9,11-12,23H,10,13H2,1H3,(H,24,25);2-9,13-14,23-24H,10-12H2,1H3. The van der Waals surface area contributed by atoms with Gasteiger partial charge in [-0.2, -0.15) is 0 Å². The number of hydrogen-bond acceptors (Lipinski definition) is 6. The number of nitrogens with one attached hydrogen (secondary N) is 2. The van der Waals surface area contributed by atoms with Crippen molar-refractivity contribution in [1.29, 1.82) is 0 Å². The summed E-state index contributed by atoms with van der Waals surface area (Å²) in [6, 6.07) is 36.3. The first-order valence-corrected chi connectivity index (χ1v) is 20.8. The van der Waals surface area contributed by atoms with Crippen LogP contribution in [0.2, 0.25) is 0 Å². The Morgan fingerprint density at radius 3 is 1.47 bits per heavy atom. The second-order valence-electron chi connectivity index (χ2n) is 13.9. The lowest BCUT2D eigenvalue weighted by atomic mass is 10.0. The number of fused-ring (bicyclic) bond motifs is 4. The highest BCUT2D eigenvalue weighted by Gasteiger charge is 2.24. The monoisotopic (exact) mass is 772 g/mol. The third-order valence-corrected chi connectivity index (χ3v) is 12.8. The molecule has 0 bridgehead atoms. The third kappa shape index (κ3) is 8.05. The number of carboxylic acids is 1. The van der Waals surface area contributed by atoms with E-state index in [1.165, 1.54) is 11.1 Å². The molecule has 0 fully saturated rings. The predicted molar refractivity (Wildman–Crippen MR) is 219 cm³/mol. The molecule has 0 heterocycles. The summed E-state index contributed by atoms with van der Waals surface area (Å²) in [5, 5.41) is 22.2. The second kappa shape index (κ2) is 15.2. The van der Waals surface area contributed by atoms with E-state index in [0.717, 1.165) is 61.4 Å². The van der Waals surface area contributed by atoms with E-state index in [4.69, 9.17) is 5.11 Å². The highest BCUT2D eigenvalue weighted by Crippen LogP contribution is 2.38. The number of aliphatic hydroxyl groups is 1. The molecule has 0 unspecified atom stereocenters. The zero-order valence-electron chi connectivity index (χ0n) is 30.3. The van der Waals surface area contributed by atoms with Crippen LogP contribution in [0.25, 0.3) is 32.7 Å². The Bertz CT molecular complexity index is 2790. The number of rotatable bonds is 10. The first-order valence-electron chi connectivity index (χ1n) is 17.8. The van der Waals surface area contributed by atoms with Crippen LogP contribution in [0.15, 0.2) is 142 Å². The number of carbonyl (C=O) groups is 1. The summed E-state index contributed by atoms with van der Waals surface area (Å²) in [6.07, 6.45) is 2.05. The maximum absolute atomic E-state index is 12.9. The summed E-state index contributed by atoms with van der Waals surface area (Å²) in [6.45, 7) is 4.06. The minimum absolute atomic E-state index is 0.0697. The van der Waals surface area contributed by atoms with E-state index in [1.54, 1.807) is 48.5 Å². The van der Waals surface area contributed by atoms with Crippen molar-refractivity contribution >= 4 is 70.1 Å². The van der Waals surface area contributed by atoms with Crippen LogP contribution in [0.5, 0.6) is 0 Å². The molecule has 2 aliphatic carbocycles. The summed E-state index contributed by atoms with van der Waals surface area (Å²) in [4.78, 5) is 11.6. The van der Waals surface area contributed by atoms with Gasteiger partial charge in [0.1, 0.15) is 0 Å². The molecule has 2 aliphatic rings. The summed E-state index contributed by atoms with van der Waals surface area (Å²) < 4.78 is 56.7. The third-order valence-electron chi connectivity index (χ3n) is 10.1. The van der Waals surface area contributed by atoms with E-state index in [-0.39, 0.29) is 22.8 Å². The summed E-state index contributed by atoms with van der Waals surface area (Å²) in [7, 11) is -7.44. The van der Waals surface area contributed by atoms with Crippen molar-refractivity contribution in [2.75, 3.05) is 16.1 Å². The van der Waals surface area contributed by atoms with Gasteiger partial charge in [-0.25, -0.2) is 16.8 Å². The van der Waals surface area contributed by atoms with E-state index < -0.39 is 26.0 Å². The predicted octanol–water partition coefficient (Wildman–Crippen LogP) is 8.80. The highest BCUT2D eigenvalue weighted by molar-refractivity contribution is 7.93. The minimum atomic E-state index is -3.76. The molecule has 55 heavy (non-hydrogen) atoms. The molecular formula is C44H40N2O7S2. The van der Waals surface area contributed by atoms with Crippen molar-refractivity contribution in [1.82, 2.24) is 0 Å². The average Bonchev–Trinajstić information content (AvgIpc) is 3.64. The lowest BCUT2D eigenvalue weighted by Crippen LogP contribution is -2.13. The van der Waals surface area contributed by atoms with Crippen molar-refractivity contribution in [3.63, 3.8) is 0 Å². The minimum Gasteiger partial charge on any atom is -0.481 e. The van der Waals surface area contributed by atoms with Gasteiger partial charge in [-0.1, -0.05) is 83.9 Å². The van der Waals surface area contributed by atoms with Crippen molar-refractivity contribution in [3.05, 3.63) is 155 Å². The molecule has 0 aliphatic heterocycles. The molecule has 0 aromatic heterocycles. The van der Waals surface area contributed by atoms with Gasteiger partial charge in [0, 0.05) is 18.0 Å². The molecule has 9 nitrogen and oxygen atoms in total. The van der Waals surface area contributed by atoms with Gasteiger partial charge in [-0.3, -0.25) is 14.2 Å². The molecule has 4 N–H and O–H groups in total. The zero-order valence-corrected chi connectivity index (χ0v) is 32.0. The number of carboxylic acid groups (broad SMARTS) is 1. The van der Waals surface area contributed by atoms with Gasteiger partial charge in [-0.05, 0) is 137 Å². The van der Waals surface area contributed by atoms with Gasteiger partial charge in [0.2, 0.25) is 0 Å². The maximum atomic E-state index is 12.9. The molecule has 0 amide bonds. The number of aliphatic carboxylic acids is 1. The molecule has 8 rings (SSSR count). The van der Waals surface area contributed by atoms with Crippen molar-refractivity contribution in [3.8, 4) is 0 Å². The van der Waals surface area contributed by atoms with Gasteiger partial charge in [0.25, 0.3) is 20.0 Å². The van der Waals surface area contributed by atoms with Crippen molar-refractivity contribution in [2.24, 2.45) is 0 Å². The Kier molecular flexibility index (Phi) is 10.4. The topological polar surface area (TPSA) is 150 Å². The summed E-state index contributed by atoms with van der Waals surface area (Å²) >= 11 is 0. The Balaban J connectivity index is 0.000000169. The molecule has 0 atom stereocenters. The first-order chi connectivity index (χ1) is 26.3. The molecule has 6 aromatic carbocycles. The van der Waals surface area contributed by atoms with E-state index in [1.807, 2.05) is 79.7 Å². The molecule has 280 valence electrons. The fraction of sp³-hybridized carbons (Fsp3) is 0.159. The van der Waals surface area contributed by atoms with E-state index in [2.05, 4.69) is 16.4 Å². The lowest BCUT2D eigenvalue weighted by molar-refractivity contribution is -0.135. The summed E-state index contributed by atoms with van der Waals surface area (Å²) in [5.74, 6) is -0.899. The number of allylic oxidation sites excluding steroid dienone is 2. The van der Waals surface area contributed by atoms with Gasteiger partial charge < -0.3 is 10.2 Å². The van der Waals surface area contributed by atoms with Crippen LogP contribution in [0.1, 0.15) is 48.9 Å². The normalized spacial score (nSPS) is 13.7. The Labute approximate surface area is 320 Å². The smallest absolute Gasteiger partial charge is 0.307 e. The Hall–Kier alpha value is -5.75. The maximum Gasteiger partial charge on any atom is 0.307 e. The Morgan fingerprint density at radius 2 is 1.02 bits per heavy atom. The van der Waals surface area contributed by atoms with E-state index in [0.29, 0.717) is 24.2 Å². The highest BCUT2D eigenvalue weighted by atomic mass is 32.2. The van der Waals surface area contributed by atoms with Gasteiger partial charge in [-0.15, -0.1) is 0 Å². The first kappa shape index (κ1) is 37.6. The molecule has 0 saturated heterocycles. The fourth-order valence-corrected chi connectivity index (χ4v) is 9.52. The SMILES string of the molecule is CC1=C(CC(=O)O)c2cc(NS(=O)(=O)c3ccc4ccccc4c3)ccc2C1.CC1=C(CCO)c2cc(NS(=O)(=O)c3ccc4ccccc4c3)ccc2C1. The zero-order chi connectivity index (χ0) is 38.9. The van der Waals surface area contributed by atoms with Crippen LogP contribution in [-0.4, -0.2) is 39.6 Å². The van der Waals surface area contributed by atoms with Crippen LogP contribution < -0.4 is 9.44 Å². The van der Waals surface area contributed by atoms with Crippen LogP contribution >= 0.6 is 0 Å². The molecule has 0 saturated carbocycles. The lowest BCUT2D eigenvalue weighted by Gasteiger charge is -2.12. The molecule has 0 spiro atoms. The van der Waals surface area contributed by atoms with Gasteiger partial charge in [0.15, 0.2) is 0 Å². The number of sulfonamides is 2. The van der Waals surface area contributed by atoms with Crippen LogP contribution in [0.3, 0.4) is 0 Å². The van der Waals surface area contributed by atoms with Crippen LogP contribution in [-0.2, 0) is 37.7 Å². The van der Waals surface area contributed by atoms with Crippen LogP contribution in [0.4, 0.5) is 11.4 Å². The van der Waals surface area contributed by atoms with Crippen LogP contribution in [0, 0.1) is 0 Å². The number of benzene rings is 6. The average molecular weight is 773 g/mol. The van der Waals surface area contributed by atoms with Crippen molar-refractivity contribution < 1.29 is 31.8 Å². The van der Waals surface area contributed by atoms with E-state index in [9.17, 15) is 26.7 Å². The quantitative estimate of drug-likeness (QED) is 0.109. The molecular weight excluding hydrogens is 733 g/mol. The van der Waals surface area contributed by atoms with Gasteiger partial charge in [0.05, 0.1) is 16.2 Å². The fourth-order valence-electron chi connectivity index (χ4n) is 7.35. The number of hydrogen-bond donors (Lipinski definition) is 4. The summed E-state index contributed by atoms with van der Waals surface area (Å²) in [5.41, 5.74) is 9.08. The second-order valence-corrected chi connectivity index (χ2v) is 17.3. The number of anilines is 2. The van der Waals surface area contributed by atoms with Gasteiger partial charge >= 0.3 is 5.97 Å². The molecule has 6 aromatic rings. The van der Waals surface area contributed by atoms with Crippen molar-refractivity contribution in [2.45, 2.75) is 49.3 Å². The molecule has 11 heteroatoms. The Morgan fingerprint density at radius 1 is 0.582 bits per heavy atom. The largest absolute Gasteiger partial charge is 0.481 e.